The van der Waals surface area contributed by atoms with Gasteiger partial charge in [-0.15, -0.1) is 0 Å². The van der Waals surface area contributed by atoms with E-state index in [-0.39, 0.29) is 18.1 Å². The van der Waals surface area contributed by atoms with Crippen LogP contribution in [-0.2, 0) is 19.4 Å². The Balaban J connectivity index is 2.70. The molecule has 0 bridgehead atoms. The fraction of sp³-hybridized carbons (Fsp3) is 0.833. The quantitative estimate of drug-likeness (QED) is 0.586. The Hall–Kier alpha value is -1.15. The number of carboxylic acids is 1. The summed E-state index contributed by atoms with van der Waals surface area (Å²) < 4.78 is 22.2. The van der Waals surface area contributed by atoms with E-state index in [1.807, 2.05) is 6.92 Å². The van der Waals surface area contributed by atoms with Crippen LogP contribution >= 0.6 is 0 Å². The maximum Gasteiger partial charge on any atom is 0.326 e. The molecule has 1 heterocycles. The van der Waals surface area contributed by atoms with E-state index in [2.05, 4.69) is 10.6 Å². The highest BCUT2D eigenvalue weighted by Crippen LogP contribution is 2.23. The first-order valence-corrected chi connectivity index (χ1v) is 8.73. The van der Waals surface area contributed by atoms with Crippen molar-refractivity contribution in [3.8, 4) is 0 Å². The average Bonchev–Trinajstić information content (AvgIpc) is 2.82. The first-order chi connectivity index (χ1) is 9.20. The summed E-state index contributed by atoms with van der Waals surface area (Å²) in [7, 11) is -3.26. The normalized spacial score (nSPS) is 24.3. The van der Waals surface area contributed by atoms with Crippen LogP contribution in [0.3, 0.4) is 0 Å². The van der Waals surface area contributed by atoms with Gasteiger partial charge in [0.15, 0.2) is 0 Å². The number of carboxylic acid groups (broad SMARTS) is 1. The highest BCUT2D eigenvalue weighted by atomic mass is 32.2. The van der Waals surface area contributed by atoms with Crippen molar-refractivity contribution >= 4 is 21.7 Å². The lowest BCUT2D eigenvalue weighted by Crippen LogP contribution is -2.57. The maximum absolute atomic E-state index is 12.3. The minimum atomic E-state index is -3.26. The second kappa shape index (κ2) is 6.53. The van der Waals surface area contributed by atoms with Crippen LogP contribution in [0.5, 0.6) is 0 Å². The molecule has 2 unspecified atom stereocenters. The van der Waals surface area contributed by atoms with E-state index in [9.17, 15) is 18.0 Å². The van der Waals surface area contributed by atoms with Gasteiger partial charge in [0.2, 0.25) is 5.91 Å². The van der Waals surface area contributed by atoms with Crippen molar-refractivity contribution in [2.24, 2.45) is 0 Å². The van der Waals surface area contributed by atoms with Crippen molar-refractivity contribution in [2.75, 3.05) is 18.6 Å². The molecular weight excluding hydrogens is 284 g/mol. The number of amides is 1. The van der Waals surface area contributed by atoms with Gasteiger partial charge >= 0.3 is 5.97 Å². The van der Waals surface area contributed by atoms with Crippen molar-refractivity contribution in [2.45, 2.75) is 44.2 Å². The van der Waals surface area contributed by atoms with Gasteiger partial charge in [0.25, 0.3) is 0 Å². The SMILES string of the molecule is CCC1(C(=O)NC(CCS(C)(=O)=O)C(=O)O)CCCN1. The largest absolute Gasteiger partial charge is 0.480 e. The first-order valence-electron chi connectivity index (χ1n) is 6.67. The topological polar surface area (TPSA) is 113 Å². The molecular formula is C12H22N2O5S. The zero-order valence-electron chi connectivity index (χ0n) is 11.8. The minimum absolute atomic E-state index is 0.125. The Morgan fingerprint density at radius 3 is 2.50 bits per heavy atom. The molecule has 0 saturated carbocycles. The molecule has 3 N–H and O–H groups in total. The van der Waals surface area contributed by atoms with Gasteiger partial charge in [-0.2, -0.15) is 0 Å². The van der Waals surface area contributed by atoms with Crippen molar-refractivity contribution < 1.29 is 23.1 Å². The Morgan fingerprint density at radius 2 is 2.10 bits per heavy atom. The number of aliphatic carboxylic acids is 1. The van der Waals surface area contributed by atoms with Gasteiger partial charge in [-0.05, 0) is 32.2 Å². The molecule has 0 aromatic rings. The van der Waals surface area contributed by atoms with Crippen LogP contribution in [0.25, 0.3) is 0 Å². The molecule has 1 rings (SSSR count). The highest BCUT2D eigenvalue weighted by molar-refractivity contribution is 7.90. The zero-order chi connectivity index (χ0) is 15.4. The fourth-order valence-corrected chi connectivity index (χ4v) is 3.01. The molecule has 0 spiro atoms. The fourth-order valence-electron chi connectivity index (χ4n) is 2.35. The Kier molecular flexibility index (Phi) is 5.52. The van der Waals surface area contributed by atoms with Crippen molar-refractivity contribution in [3.05, 3.63) is 0 Å². The van der Waals surface area contributed by atoms with Crippen LogP contribution in [0.2, 0.25) is 0 Å². The van der Waals surface area contributed by atoms with Gasteiger partial charge in [0, 0.05) is 6.26 Å². The van der Waals surface area contributed by atoms with Crippen LogP contribution in [0.15, 0.2) is 0 Å². The van der Waals surface area contributed by atoms with E-state index < -0.39 is 27.4 Å². The third kappa shape index (κ3) is 4.45. The summed E-state index contributed by atoms with van der Waals surface area (Å²) in [6.45, 7) is 2.59. The molecule has 1 fully saturated rings. The summed E-state index contributed by atoms with van der Waals surface area (Å²) >= 11 is 0. The number of hydrogen-bond acceptors (Lipinski definition) is 5. The van der Waals surface area contributed by atoms with Gasteiger partial charge in [-0.25, -0.2) is 13.2 Å². The van der Waals surface area contributed by atoms with Crippen LogP contribution in [-0.4, -0.2) is 55.5 Å². The lowest BCUT2D eigenvalue weighted by atomic mass is 9.92. The molecule has 0 aromatic carbocycles. The summed E-state index contributed by atoms with van der Waals surface area (Å²) in [5, 5.41) is 14.7. The molecule has 0 aliphatic carbocycles. The molecule has 1 aliphatic rings. The van der Waals surface area contributed by atoms with Crippen molar-refractivity contribution in [1.82, 2.24) is 10.6 Å². The van der Waals surface area contributed by atoms with E-state index in [1.54, 1.807) is 0 Å². The van der Waals surface area contributed by atoms with Gasteiger partial charge in [-0.1, -0.05) is 6.92 Å². The van der Waals surface area contributed by atoms with Crippen LogP contribution in [0, 0.1) is 0 Å². The molecule has 0 aromatic heterocycles. The predicted molar refractivity (Wildman–Crippen MR) is 74.2 cm³/mol. The summed E-state index contributed by atoms with van der Waals surface area (Å²) in [5.74, 6) is -1.85. The molecule has 7 nitrogen and oxygen atoms in total. The molecule has 116 valence electrons. The second-order valence-corrected chi connectivity index (χ2v) is 7.51. The summed E-state index contributed by atoms with van der Waals surface area (Å²) in [6, 6.07) is -1.18. The van der Waals surface area contributed by atoms with Gasteiger partial charge in [0.05, 0.1) is 11.3 Å². The molecule has 1 saturated heterocycles. The van der Waals surface area contributed by atoms with E-state index in [1.165, 1.54) is 0 Å². The summed E-state index contributed by atoms with van der Waals surface area (Å²) in [6.07, 6.45) is 3.01. The third-order valence-corrected chi connectivity index (χ3v) is 4.64. The van der Waals surface area contributed by atoms with Crippen LogP contribution < -0.4 is 10.6 Å². The van der Waals surface area contributed by atoms with Gasteiger partial charge in [-0.3, -0.25) is 4.79 Å². The van der Waals surface area contributed by atoms with Crippen LogP contribution in [0.4, 0.5) is 0 Å². The molecule has 20 heavy (non-hydrogen) atoms. The minimum Gasteiger partial charge on any atom is -0.480 e. The van der Waals surface area contributed by atoms with Gasteiger partial charge < -0.3 is 15.7 Å². The Labute approximate surface area is 119 Å². The van der Waals surface area contributed by atoms with Gasteiger partial charge in [0.1, 0.15) is 15.9 Å². The second-order valence-electron chi connectivity index (χ2n) is 5.25. The highest BCUT2D eigenvalue weighted by Gasteiger charge is 2.40. The lowest BCUT2D eigenvalue weighted by molar-refractivity contribution is -0.143. The maximum atomic E-state index is 12.3. The summed E-state index contributed by atoms with van der Waals surface area (Å²) in [4.78, 5) is 23.4. The zero-order valence-corrected chi connectivity index (χ0v) is 12.6. The number of rotatable bonds is 7. The van der Waals surface area contributed by atoms with Crippen LogP contribution in [0.1, 0.15) is 32.6 Å². The number of carbonyl (C=O) groups excluding carboxylic acids is 1. The van der Waals surface area contributed by atoms with E-state index in [0.717, 1.165) is 19.2 Å². The van der Waals surface area contributed by atoms with E-state index in [4.69, 9.17) is 5.11 Å². The summed E-state index contributed by atoms with van der Waals surface area (Å²) in [5.41, 5.74) is -0.723. The number of carbonyl (C=O) groups is 2. The standard InChI is InChI=1S/C12H22N2O5S/c1-3-12(6-4-7-13-12)11(17)14-9(10(15)16)5-8-20(2,18)19/h9,13H,3-8H2,1-2H3,(H,14,17)(H,15,16). The third-order valence-electron chi connectivity index (χ3n) is 3.66. The number of hydrogen-bond donors (Lipinski definition) is 3. The molecule has 1 aliphatic heterocycles. The Morgan fingerprint density at radius 1 is 1.45 bits per heavy atom. The number of sulfone groups is 1. The predicted octanol–water partition coefficient (Wildman–Crippen LogP) is -0.477. The Bertz CT molecular complexity index is 468. The molecule has 2 atom stereocenters. The smallest absolute Gasteiger partial charge is 0.326 e. The van der Waals surface area contributed by atoms with Crippen molar-refractivity contribution in [1.29, 1.82) is 0 Å². The molecule has 1 amide bonds. The number of nitrogens with one attached hydrogen (secondary N) is 2. The van der Waals surface area contributed by atoms with E-state index in [0.29, 0.717) is 12.8 Å². The molecule has 8 heteroatoms. The average molecular weight is 306 g/mol. The monoisotopic (exact) mass is 306 g/mol. The lowest BCUT2D eigenvalue weighted by Gasteiger charge is -2.28. The van der Waals surface area contributed by atoms with E-state index >= 15 is 0 Å². The molecule has 0 radical (unpaired) electrons. The van der Waals surface area contributed by atoms with Crippen molar-refractivity contribution in [3.63, 3.8) is 0 Å². The first kappa shape index (κ1) is 16.9.